The quantitative estimate of drug-likeness (QED) is 0.767. The average Bonchev–Trinajstić information content (AvgIpc) is 2.29. The standard InChI is InChI=1S/C13H14BrClFNO/c14-11-5-4-9(8-12(11)16)13(18)17(7-6-15)10-2-1-3-10/h4-5,8,10H,1-3,6-7H2. The molecule has 0 aliphatic heterocycles. The van der Waals surface area contributed by atoms with Crippen molar-refractivity contribution in [2.75, 3.05) is 12.4 Å². The molecule has 1 saturated carbocycles. The molecule has 1 aromatic rings. The first kappa shape index (κ1) is 13.8. The second-order valence-electron chi connectivity index (χ2n) is 4.40. The maximum absolute atomic E-state index is 13.4. The van der Waals surface area contributed by atoms with Crippen molar-refractivity contribution in [1.29, 1.82) is 0 Å². The van der Waals surface area contributed by atoms with Crippen LogP contribution in [0.5, 0.6) is 0 Å². The number of hydrogen-bond acceptors (Lipinski definition) is 1. The smallest absolute Gasteiger partial charge is 0.254 e. The molecule has 0 saturated heterocycles. The summed E-state index contributed by atoms with van der Waals surface area (Å²) in [6.07, 6.45) is 3.18. The van der Waals surface area contributed by atoms with Crippen molar-refractivity contribution in [2.24, 2.45) is 0 Å². The van der Waals surface area contributed by atoms with E-state index in [9.17, 15) is 9.18 Å². The summed E-state index contributed by atoms with van der Waals surface area (Å²) in [6, 6.07) is 4.73. The maximum Gasteiger partial charge on any atom is 0.254 e. The van der Waals surface area contributed by atoms with Gasteiger partial charge >= 0.3 is 0 Å². The van der Waals surface area contributed by atoms with Crippen LogP contribution in [0.1, 0.15) is 29.6 Å². The van der Waals surface area contributed by atoms with Gasteiger partial charge in [-0.15, -0.1) is 11.6 Å². The van der Waals surface area contributed by atoms with Gasteiger partial charge in [-0.1, -0.05) is 0 Å². The van der Waals surface area contributed by atoms with Crippen molar-refractivity contribution in [3.05, 3.63) is 34.1 Å². The monoisotopic (exact) mass is 333 g/mol. The highest BCUT2D eigenvalue weighted by Crippen LogP contribution is 2.27. The van der Waals surface area contributed by atoms with Gasteiger partial charge in [-0.25, -0.2) is 4.39 Å². The van der Waals surface area contributed by atoms with E-state index < -0.39 is 5.82 Å². The molecule has 1 aliphatic carbocycles. The van der Waals surface area contributed by atoms with Crippen LogP contribution in [0.25, 0.3) is 0 Å². The van der Waals surface area contributed by atoms with Gasteiger partial charge in [0.2, 0.25) is 0 Å². The predicted octanol–water partition coefficient (Wildman–Crippen LogP) is 3.82. The van der Waals surface area contributed by atoms with E-state index in [1.54, 1.807) is 17.0 Å². The molecule has 0 heterocycles. The van der Waals surface area contributed by atoms with Crippen LogP contribution in [0.2, 0.25) is 0 Å². The molecular formula is C13H14BrClFNO. The Morgan fingerprint density at radius 1 is 1.50 bits per heavy atom. The number of rotatable bonds is 4. The lowest BCUT2D eigenvalue weighted by atomic mass is 9.91. The van der Waals surface area contributed by atoms with Crippen molar-refractivity contribution in [3.8, 4) is 0 Å². The number of benzene rings is 1. The highest BCUT2D eigenvalue weighted by molar-refractivity contribution is 9.10. The molecule has 0 radical (unpaired) electrons. The third-order valence-corrected chi connectivity index (χ3v) is 4.08. The Balaban J connectivity index is 2.18. The molecule has 1 aromatic carbocycles. The zero-order chi connectivity index (χ0) is 13.1. The van der Waals surface area contributed by atoms with E-state index in [0.717, 1.165) is 19.3 Å². The Labute approximate surface area is 119 Å². The van der Waals surface area contributed by atoms with E-state index in [4.69, 9.17) is 11.6 Å². The predicted molar refractivity (Wildman–Crippen MR) is 73.5 cm³/mol. The highest BCUT2D eigenvalue weighted by Gasteiger charge is 2.29. The third kappa shape index (κ3) is 2.86. The van der Waals surface area contributed by atoms with Gasteiger partial charge in [-0.3, -0.25) is 4.79 Å². The van der Waals surface area contributed by atoms with E-state index in [2.05, 4.69) is 15.9 Å². The van der Waals surface area contributed by atoms with Gasteiger partial charge in [0.05, 0.1) is 4.47 Å². The molecule has 5 heteroatoms. The molecule has 0 unspecified atom stereocenters. The molecule has 1 fully saturated rings. The molecule has 0 spiro atoms. The van der Waals surface area contributed by atoms with Gasteiger partial charge in [-0.05, 0) is 53.4 Å². The lowest BCUT2D eigenvalue weighted by Crippen LogP contribution is -2.45. The minimum Gasteiger partial charge on any atom is -0.334 e. The molecular weight excluding hydrogens is 321 g/mol. The van der Waals surface area contributed by atoms with Gasteiger partial charge in [0.1, 0.15) is 5.82 Å². The summed E-state index contributed by atoms with van der Waals surface area (Å²) in [7, 11) is 0. The lowest BCUT2D eigenvalue weighted by molar-refractivity contribution is 0.0597. The summed E-state index contributed by atoms with van der Waals surface area (Å²) in [5.74, 6) is -0.145. The van der Waals surface area contributed by atoms with E-state index in [-0.39, 0.29) is 11.9 Å². The second kappa shape index (κ2) is 6.02. The minimum absolute atomic E-state index is 0.133. The van der Waals surface area contributed by atoms with Gasteiger partial charge in [0, 0.05) is 24.0 Å². The molecule has 0 atom stereocenters. The Bertz CT molecular complexity index is 451. The Morgan fingerprint density at radius 3 is 2.72 bits per heavy atom. The fourth-order valence-electron chi connectivity index (χ4n) is 2.03. The average molecular weight is 335 g/mol. The van der Waals surface area contributed by atoms with E-state index in [1.807, 2.05) is 0 Å². The zero-order valence-corrected chi connectivity index (χ0v) is 12.2. The van der Waals surface area contributed by atoms with E-state index in [0.29, 0.717) is 22.5 Å². The van der Waals surface area contributed by atoms with Crippen LogP contribution in [-0.4, -0.2) is 29.3 Å². The zero-order valence-electron chi connectivity index (χ0n) is 9.83. The maximum atomic E-state index is 13.4. The number of hydrogen-bond donors (Lipinski definition) is 0. The van der Waals surface area contributed by atoms with E-state index in [1.165, 1.54) is 6.07 Å². The van der Waals surface area contributed by atoms with Crippen molar-refractivity contribution in [2.45, 2.75) is 25.3 Å². The van der Waals surface area contributed by atoms with Crippen LogP contribution in [0, 0.1) is 5.82 Å². The second-order valence-corrected chi connectivity index (χ2v) is 5.63. The number of carbonyl (C=O) groups is 1. The molecule has 0 aromatic heterocycles. The number of alkyl halides is 1. The molecule has 0 bridgehead atoms. The van der Waals surface area contributed by atoms with Crippen molar-refractivity contribution in [3.63, 3.8) is 0 Å². The molecule has 2 rings (SSSR count). The third-order valence-electron chi connectivity index (χ3n) is 3.27. The molecule has 1 amide bonds. The topological polar surface area (TPSA) is 20.3 Å². The van der Waals surface area contributed by atoms with Crippen LogP contribution in [0.4, 0.5) is 4.39 Å². The molecule has 18 heavy (non-hydrogen) atoms. The number of carbonyl (C=O) groups excluding carboxylic acids is 1. The lowest BCUT2D eigenvalue weighted by Gasteiger charge is -2.37. The van der Waals surface area contributed by atoms with Crippen LogP contribution in [-0.2, 0) is 0 Å². The van der Waals surface area contributed by atoms with Gasteiger partial charge in [0.15, 0.2) is 0 Å². The van der Waals surface area contributed by atoms with Crippen LogP contribution in [0.15, 0.2) is 22.7 Å². The van der Waals surface area contributed by atoms with Crippen LogP contribution in [0.3, 0.4) is 0 Å². The summed E-state index contributed by atoms with van der Waals surface area (Å²) in [6.45, 7) is 0.517. The largest absolute Gasteiger partial charge is 0.334 e. The number of halogens is 3. The summed E-state index contributed by atoms with van der Waals surface area (Å²) in [4.78, 5) is 14.1. The summed E-state index contributed by atoms with van der Waals surface area (Å²) in [5.41, 5.74) is 0.382. The fourth-order valence-corrected chi connectivity index (χ4v) is 2.46. The fraction of sp³-hybridized carbons (Fsp3) is 0.462. The number of amides is 1. The normalized spacial score (nSPS) is 15.3. The Hall–Kier alpha value is -0.610. The summed E-state index contributed by atoms with van der Waals surface area (Å²) < 4.78 is 13.8. The van der Waals surface area contributed by atoms with Crippen molar-refractivity contribution in [1.82, 2.24) is 4.90 Å². The first-order valence-electron chi connectivity index (χ1n) is 5.95. The van der Waals surface area contributed by atoms with Crippen molar-refractivity contribution >= 4 is 33.4 Å². The summed E-state index contributed by atoms with van der Waals surface area (Å²) >= 11 is 8.81. The van der Waals surface area contributed by atoms with Gasteiger partial charge < -0.3 is 4.90 Å². The van der Waals surface area contributed by atoms with Crippen LogP contribution >= 0.6 is 27.5 Å². The van der Waals surface area contributed by atoms with E-state index >= 15 is 0 Å². The highest BCUT2D eigenvalue weighted by atomic mass is 79.9. The van der Waals surface area contributed by atoms with Crippen LogP contribution < -0.4 is 0 Å². The first-order valence-corrected chi connectivity index (χ1v) is 7.28. The Kier molecular flexibility index (Phi) is 4.62. The molecule has 0 N–H and O–H groups in total. The summed E-state index contributed by atoms with van der Waals surface area (Å²) in [5, 5.41) is 0. The first-order chi connectivity index (χ1) is 8.63. The van der Waals surface area contributed by atoms with Gasteiger partial charge in [-0.2, -0.15) is 0 Å². The molecule has 98 valence electrons. The minimum atomic E-state index is -0.416. The van der Waals surface area contributed by atoms with Crippen molar-refractivity contribution < 1.29 is 9.18 Å². The molecule has 2 nitrogen and oxygen atoms in total. The Morgan fingerprint density at radius 2 is 2.22 bits per heavy atom. The molecule has 1 aliphatic rings. The SMILES string of the molecule is O=C(c1ccc(Br)c(F)c1)N(CCCl)C1CCC1. The number of nitrogens with zero attached hydrogens (tertiary/aromatic N) is 1. The van der Waals surface area contributed by atoms with Gasteiger partial charge in [0.25, 0.3) is 5.91 Å².